The Morgan fingerprint density at radius 1 is 0.725 bits per heavy atom. The highest BCUT2D eigenvalue weighted by Crippen LogP contribution is 2.51. The first-order valence-electron chi connectivity index (χ1n) is 18.4. The van der Waals surface area contributed by atoms with Crippen LogP contribution >= 0.6 is 0 Å². The Labute approximate surface area is 305 Å². The molecule has 3 heterocycles. The Morgan fingerprint density at radius 2 is 1.25 bits per heavy atom. The van der Waals surface area contributed by atoms with Crippen LogP contribution in [0.15, 0.2) is 112 Å². The molecule has 0 atom stereocenters. The minimum Gasteiger partial charge on any atom is -0.341 e. The Bertz CT molecular complexity index is 2210. The number of hydrogen-bond donors (Lipinski definition) is 1. The second-order valence-corrected chi connectivity index (χ2v) is 17.6. The molecule has 1 aliphatic carbocycles. The minimum absolute atomic E-state index is 0.0691. The molecule has 51 heavy (non-hydrogen) atoms. The van der Waals surface area contributed by atoms with Crippen molar-refractivity contribution in [1.29, 1.82) is 0 Å². The lowest BCUT2D eigenvalue weighted by molar-refractivity contribution is -0.428. The first kappa shape index (κ1) is 35.2. The maximum absolute atomic E-state index is 12.1. The van der Waals surface area contributed by atoms with Crippen molar-refractivity contribution in [2.75, 3.05) is 16.3 Å². The highest BCUT2D eigenvalue weighted by molar-refractivity contribution is 7.85. The Hall–Kier alpha value is -4.20. The molecule has 0 radical (unpaired) electrons. The summed E-state index contributed by atoms with van der Waals surface area (Å²) in [7, 11) is -4.32. The number of allylic oxidation sites excluding steroid dienone is 8. The van der Waals surface area contributed by atoms with E-state index in [-0.39, 0.29) is 16.4 Å². The van der Waals surface area contributed by atoms with Gasteiger partial charge in [0.25, 0.3) is 10.1 Å². The van der Waals surface area contributed by atoms with Gasteiger partial charge in [-0.25, -0.2) is 0 Å². The second kappa shape index (κ2) is 12.5. The molecule has 266 valence electrons. The van der Waals surface area contributed by atoms with E-state index in [0.29, 0.717) is 6.04 Å². The zero-order valence-electron chi connectivity index (χ0n) is 31.6. The number of aryl methyl sites for hydroxylation is 1. The van der Waals surface area contributed by atoms with Gasteiger partial charge in [-0.05, 0) is 95.0 Å². The number of para-hydroxylation sites is 1. The monoisotopic (exact) mass is 702 g/mol. The van der Waals surface area contributed by atoms with E-state index >= 15 is 0 Å². The average molecular weight is 703 g/mol. The van der Waals surface area contributed by atoms with Gasteiger partial charge in [0.15, 0.2) is 6.54 Å². The number of fused-ring (bicyclic) bond motifs is 3. The molecule has 3 aromatic rings. The van der Waals surface area contributed by atoms with E-state index in [1.54, 1.807) is 6.07 Å². The fourth-order valence-corrected chi connectivity index (χ4v) is 9.39. The first-order valence-corrected chi connectivity index (χ1v) is 19.8. The van der Waals surface area contributed by atoms with Gasteiger partial charge >= 0.3 is 0 Å². The van der Waals surface area contributed by atoms with Gasteiger partial charge in [0.05, 0.1) is 4.90 Å². The normalized spacial score (nSPS) is 23.8. The van der Waals surface area contributed by atoms with Crippen LogP contribution in [0.1, 0.15) is 90.5 Å². The summed E-state index contributed by atoms with van der Waals surface area (Å²) in [4.78, 5) is 4.75. The van der Waals surface area contributed by atoms with Gasteiger partial charge in [-0.15, -0.1) is 0 Å². The number of benzene rings is 3. The van der Waals surface area contributed by atoms with Gasteiger partial charge < -0.3 is 9.80 Å². The van der Waals surface area contributed by atoms with E-state index in [4.69, 9.17) is 0 Å². The van der Waals surface area contributed by atoms with Crippen LogP contribution in [0.25, 0.3) is 0 Å². The molecule has 7 rings (SSSR count). The van der Waals surface area contributed by atoms with E-state index < -0.39 is 15.5 Å². The van der Waals surface area contributed by atoms with Crippen molar-refractivity contribution >= 4 is 32.9 Å². The van der Waals surface area contributed by atoms with Crippen LogP contribution in [-0.4, -0.2) is 41.9 Å². The maximum Gasteiger partial charge on any atom is 0.294 e. The molecule has 0 saturated heterocycles. The van der Waals surface area contributed by atoms with Crippen molar-refractivity contribution in [3.8, 4) is 0 Å². The summed E-state index contributed by atoms with van der Waals surface area (Å²) in [6, 6.07) is 21.1. The summed E-state index contributed by atoms with van der Waals surface area (Å²) in [5.41, 5.74) is 14.3. The lowest BCUT2D eigenvalue weighted by atomic mass is 9.83. The van der Waals surface area contributed by atoms with Crippen LogP contribution in [-0.2, 0) is 27.4 Å². The zero-order chi connectivity index (χ0) is 36.6. The second-order valence-electron chi connectivity index (χ2n) is 16.2. The van der Waals surface area contributed by atoms with Crippen molar-refractivity contribution in [2.24, 2.45) is 0 Å². The molecule has 3 aliphatic heterocycles. The van der Waals surface area contributed by atoms with Gasteiger partial charge in [0.2, 0.25) is 11.4 Å². The van der Waals surface area contributed by atoms with E-state index in [1.807, 2.05) is 6.07 Å². The van der Waals surface area contributed by atoms with E-state index in [9.17, 15) is 13.0 Å². The highest BCUT2D eigenvalue weighted by Gasteiger charge is 2.43. The predicted octanol–water partition coefficient (Wildman–Crippen LogP) is 9.71. The number of hydrogen-bond acceptors (Lipinski definition) is 4. The molecule has 1 saturated carbocycles. The summed E-state index contributed by atoms with van der Waals surface area (Å²) in [6.45, 7) is 21.0. The minimum atomic E-state index is -4.32. The van der Waals surface area contributed by atoms with Gasteiger partial charge in [0.1, 0.15) is 0 Å². The lowest BCUT2D eigenvalue weighted by Crippen LogP contribution is -2.31. The van der Waals surface area contributed by atoms with Crippen LogP contribution in [0.5, 0.6) is 0 Å². The first-order chi connectivity index (χ1) is 24.0. The fraction of sp³-hybridized carbons (Fsp3) is 0.386. The molecule has 4 aliphatic rings. The SMILES string of the molecule is Cc1ccc2c(c1)C(C)(C)C(=CC=C1CC/C(=C\C=C3\N(C(C)C)c4ccc(S(=O)(=O)O)cc4C3(C)C)C1=[N+]1CCc3ccccc31)N2C(C)C. The topological polar surface area (TPSA) is 63.9 Å². The molecule has 0 spiro atoms. The largest absolute Gasteiger partial charge is 0.341 e. The molecule has 1 fully saturated rings. The summed E-state index contributed by atoms with van der Waals surface area (Å²) >= 11 is 0. The van der Waals surface area contributed by atoms with Gasteiger partial charge in [-0.3, -0.25) is 4.55 Å². The smallest absolute Gasteiger partial charge is 0.294 e. The zero-order valence-corrected chi connectivity index (χ0v) is 32.4. The average Bonchev–Trinajstić information content (AvgIpc) is 3.77. The van der Waals surface area contributed by atoms with Gasteiger partial charge in [-0.1, -0.05) is 75.7 Å². The molecule has 7 heteroatoms. The van der Waals surface area contributed by atoms with Crippen LogP contribution in [0.4, 0.5) is 17.1 Å². The Morgan fingerprint density at radius 3 is 1.80 bits per heavy atom. The van der Waals surface area contributed by atoms with Crippen LogP contribution < -0.4 is 9.80 Å². The van der Waals surface area contributed by atoms with Crippen molar-refractivity contribution in [2.45, 2.75) is 109 Å². The molecule has 1 N–H and O–H groups in total. The van der Waals surface area contributed by atoms with Crippen LogP contribution in [0.2, 0.25) is 0 Å². The summed E-state index contributed by atoms with van der Waals surface area (Å²) in [6.07, 6.45) is 12.3. The number of anilines is 2. The van der Waals surface area contributed by atoms with Crippen molar-refractivity contribution in [3.05, 3.63) is 130 Å². The molecule has 0 unspecified atom stereocenters. The van der Waals surface area contributed by atoms with Crippen molar-refractivity contribution < 1.29 is 17.5 Å². The standard InChI is InChI=1S/C44H51N3O3S/c1-28(2)46-38-20-14-30(5)26-35(38)43(6,7)40(46)22-17-32-15-16-33(42(32)45-25-24-31-12-10-11-13-37(31)45)18-23-41-44(8,9)36-27-34(51(48,49)50)19-21-39(36)47(41)29(3)4/h10-14,17-23,26-29H,15-16,24-25H2,1-9H3/p+1. The summed E-state index contributed by atoms with van der Waals surface area (Å²) in [5, 5.41) is 0. The van der Waals surface area contributed by atoms with Gasteiger partial charge in [-0.2, -0.15) is 13.0 Å². The Kier molecular flexibility index (Phi) is 8.62. The third kappa shape index (κ3) is 5.83. The molecule has 0 bridgehead atoms. The summed E-state index contributed by atoms with van der Waals surface area (Å²) in [5.74, 6) is 0. The number of nitrogens with zero attached hydrogens (tertiary/aromatic N) is 3. The summed E-state index contributed by atoms with van der Waals surface area (Å²) < 4.78 is 36.6. The number of rotatable bonds is 5. The molecule has 0 amide bonds. The third-order valence-corrected chi connectivity index (χ3v) is 12.3. The predicted molar refractivity (Wildman–Crippen MR) is 210 cm³/mol. The van der Waals surface area contributed by atoms with Gasteiger partial charge in [0, 0.05) is 74.9 Å². The van der Waals surface area contributed by atoms with E-state index in [2.05, 4.69) is 143 Å². The molecule has 3 aromatic carbocycles. The molecule has 6 nitrogen and oxygen atoms in total. The molecular weight excluding hydrogens is 651 g/mol. The van der Waals surface area contributed by atoms with E-state index in [0.717, 1.165) is 42.8 Å². The van der Waals surface area contributed by atoms with Crippen LogP contribution in [0.3, 0.4) is 0 Å². The molecular formula is C44H52N3O3S+. The fourth-order valence-electron chi connectivity index (χ4n) is 8.89. The lowest BCUT2D eigenvalue weighted by Gasteiger charge is -2.30. The third-order valence-electron chi connectivity index (χ3n) is 11.4. The van der Waals surface area contributed by atoms with E-state index in [1.165, 1.54) is 56.7 Å². The quantitative estimate of drug-likeness (QED) is 0.212. The molecule has 0 aromatic heterocycles. The van der Waals surface area contributed by atoms with Crippen molar-refractivity contribution in [3.63, 3.8) is 0 Å². The van der Waals surface area contributed by atoms with Crippen LogP contribution in [0, 0.1) is 6.92 Å². The van der Waals surface area contributed by atoms with Crippen molar-refractivity contribution in [1.82, 2.24) is 0 Å². The Balaban J connectivity index is 1.36. The highest BCUT2D eigenvalue weighted by atomic mass is 32.2. The maximum atomic E-state index is 12.1.